The third kappa shape index (κ3) is 2.64. The molecule has 2 aliphatic heterocycles. The second-order valence-corrected chi connectivity index (χ2v) is 7.38. The van der Waals surface area contributed by atoms with Crippen LogP contribution in [0.25, 0.3) is 0 Å². The monoisotopic (exact) mass is 373 g/mol. The lowest BCUT2D eigenvalue weighted by molar-refractivity contribution is -0.139. The summed E-state index contributed by atoms with van der Waals surface area (Å²) in [7, 11) is 1.52. The largest absolute Gasteiger partial charge is 0.493 e. The van der Waals surface area contributed by atoms with E-state index in [1.165, 1.54) is 7.11 Å². The van der Waals surface area contributed by atoms with E-state index < -0.39 is 23.4 Å². The second-order valence-electron chi connectivity index (χ2n) is 7.38. The van der Waals surface area contributed by atoms with Crippen molar-refractivity contribution in [2.45, 2.75) is 49.3 Å². The molecule has 4 rings (SSSR count). The van der Waals surface area contributed by atoms with Crippen LogP contribution in [0, 0.1) is 0 Å². The summed E-state index contributed by atoms with van der Waals surface area (Å²) in [5.74, 6) is -0.881. The maximum atomic E-state index is 11.9. The number of aliphatic carboxylic acids is 1. The van der Waals surface area contributed by atoms with E-state index >= 15 is 0 Å². The molecule has 1 aromatic carbocycles. The maximum Gasteiger partial charge on any atom is 0.311 e. The predicted molar refractivity (Wildman–Crippen MR) is 96.2 cm³/mol. The Kier molecular flexibility index (Phi) is 4.44. The minimum absolute atomic E-state index is 0.101. The molecule has 7 heteroatoms. The summed E-state index contributed by atoms with van der Waals surface area (Å²) in [6.45, 7) is 1.24. The summed E-state index contributed by atoms with van der Waals surface area (Å²) in [4.78, 5) is 23.0. The number of carboxylic acid groups (broad SMARTS) is 1. The number of methoxy groups -OCH3 is 1. The van der Waals surface area contributed by atoms with Gasteiger partial charge in [0.15, 0.2) is 11.5 Å². The zero-order chi connectivity index (χ0) is 19.2. The average Bonchev–Trinajstić information content (AvgIpc) is 2.84. The van der Waals surface area contributed by atoms with Crippen LogP contribution in [-0.2, 0) is 21.5 Å². The van der Waals surface area contributed by atoms with E-state index in [0.717, 1.165) is 24.1 Å². The third-order valence-corrected chi connectivity index (χ3v) is 6.00. The summed E-state index contributed by atoms with van der Waals surface area (Å²) >= 11 is 0. The minimum atomic E-state index is -1.04. The fourth-order valence-electron chi connectivity index (χ4n) is 4.73. The van der Waals surface area contributed by atoms with Crippen LogP contribution in [0.3, 0.4) is 0 Å². The Morgan fingerprint density at radius 2 is 2.37 bits per heavy atom. The van der Waals surface area contributed by atoms with E-state index in [2.05, 4.69) is 5.32 Å². The number of rotatable bonds is 5. The highest BCUT2D eigenvalue weighted by molar-refractivity contribution is 5.81. The first-order chi connectivity index (χ1) is 13.0. The molecule has 7 nitrogen and oxygen atoms in total. The summed E-state index contributed by atoms with van der Waals surface area (Å²) in [5.41, 5.74) is 1.96. The highest BCUT2D eigenvalue weighted by Crippen LogP contribution is 2.56. The first-order valence-corrected chi connectivity index (χ1v) is 9.17. The second kappa shape index (κ2) is 6.65. The molecule has 3 N–H and O–H groups in total. The van der Waals surface area contributed by atoms with Gasteiger partial charge < -0.3 is 29.8 Å². The number of hydrogen-bond donors (Lipinski definition) is 3. The van der Waals surface area contributed by atoms with Crippen LogP contribution in [0.15, 0.2) is 18.2 Å². The molecule has 0 saturated carbocycles. The summed E-state index contributed by atoms with van der Waals surface area (Å²) < 4.78 is 11.8. The molecule has 3 aliphatic rings. The summed E-state index contributed by atoms with van der Waals surface area (Å²) in [6.07, 6.45) is 4.79. The number of hydrogen-bond acceptors (Lipinski definition) is 6. The predicted octanol–water partition coefficient (Wildman–Crippen LogP) is 1.27. The maximum absolute atomic E-state index is 11.9. The van der Waals surface area contributed by atoms with Gasteiger partial charge in [-0.2, -0.15) is 0 Å². The van der Waals surface area contributed by atoms with Gasteiger partial charge in [-0.25, -0.2) is 0 Å². The first kappa shape index (κ1) is 18.0. The Hall–Kier alpha value is -2.38. The molecule has 0 bridgehead atoms. The topological polar surface area (TPSA) is 105 Å². The van der Waals surface area contributed by atoms with E-state index in [1.54, 1.807) is 12.1 Å². The molecule has 1 unspecified atom stereocenters. The van der Waals surface area contributed by atoms with Crippen LogP contribution in [0.1, 0.15) is 41.9 Å². The van der Waals surface area contributed by atoms with Crippen molar-refractivity contribution < 1.29 is 29.3 Å². The van der Waals surface area contributed by atoms with Gasteiger partial charge in [-0.1, -0.05) is 12.2 Å². The van der Waals surface area contributed by atoms with E-state index in [4.69, 9.17) is 9.47 Å². The molecule has 2 heterocycles. The lowest BCUT2D eigenvalue weighted by Crippen LogP contribution is -2.42. The van der Waals surface area contributed by atoms with Gasteiger partial charge >= 0.3 is 5.97 Å². The number of carbonyl (C=O) groups is 2. The van der Waals surface area contributed by atoms with Crippen molar-refractivity contribution in [1.82, 2.24) is 5.32 Å². The molecular formula is C20H23NO6. The van der Waals surface area contributed by atoms with Crippen molar-refractivity contribution in [2.75, 3.05) is 13.7 Å². The van der Waals surface area contributed by atoms with E-state index in [0.29, 0.717) is 36.3 Å². The van der Waals surface area contributed by atoms with Crippen LogP contribution in [0.5, 0.6) is 11.5 Å². The van der Waals surface area contributed by atoms with Crippen molar-refractivity contribution in [3.05, 3.63) is 34.9 Å². The lowest BCUT2D eigenvalue weighted by atomic mass is 9.68. The van der Waals surface area contributed by atoms with Gasteiger partial charge in [-0.3, -0.25) is 4.79 Å². The number of aliphatic hydroxyl groups is 1. The SMILES string of the molecule is COc1cc(C(CC=O)C(=O)O)c2c3c1O[C@H]1C[C@@H](O)C=C[C@@]31CCNC2. The van der Waals surface area contributed by atoms with Crippen LogP contribution >= 0.6 is 0 Å². The number of nitrogens with one attached hydrogen (secondary N) is 1. The normalized spacial score (nSPS) is 29.1. The van der Waals surface area contributed by atoms with E-state index in [1.807, 2.05) is 6.08 Å². The number of carbonyl (C=O) groups excluding carboxylic acids is 1. The van der Waals surface area contributed by atoms with Gasteiger partial charge in [-0.15, -0.1) is 0 Å². The molecule has 144 valence electrons. The number of benzene rings is 1. The Balaban J connectivity index is 1.99. The number of aliphatic hydroxyl groups excluding tert-OH is 1. The molecule has 0 radical (unpaired) electrons. The van der Waals surface area contributed by atoms with Gasteiger partial charge in [0.25, 0.3) is 0 Å². The van der Waals surface area contributed by atoms with Crippen LogP contribution in [0.4, 0.5) is 0 Å². The molecular weight excluding hydrogens is 350 g/mol. The third-order valence-electron chi connectivity index (χ3n) is 6.00. The Labute approximate surface area is 157 Å². The molecule has 0 amide bonds. The molecule has 1 spiro atoms. The summed E-state index contributed by atoms with van der Waals surface area (Å²) in [5, 5.41) is 23.2. The smallest absolute Gasteiger partial charge is 0.311 e. The summed E-state index contributed by atoms with van der Waals surface area (Å²) in [6, 6.07) is 1.69. The van der Waals surface area contributed by atoms with Gasteiger partial charge in [0, 0.05) is 24.9 Å². The first-order valence-electron chi connectivity index (χ1n) is 9.17. The molecule has 27 heavy (non-hydrogen) atoms. The number of aldehydes is 1. The molecule has 0 aromatic heterocycles. The van der Waals surface area contributed by atoms with E-state index in [-0.39, 0.29) is 12.5 Å². The van der Waals surface area contributed by atoms with Gasteiger partial charge in [0.2, 0.25) is 0 Å². The highest BCUT2D eigenvalue weighted by Gasteiger charge is 2.53. The van der Waals surface area contributed by atoms with Crippen molar-refractivity contribution in [2.24, 2.45) is 0 Å². The Morgan fingerprint density at radius 3 is 3.07 bits per heavy atom. The minimum Gasteiger partial charge on any atom is -0.493 e. The fourth-order valence-corrected chi connectivity index (χ4v) is 4.73. The molecule has 4 atom stereocenters. The average molecular weight is 373 g/mol. The fraction of sp³-hybridized carbons (Fsp3) is 0.500. The number of ether oxygens (including phenoxy) is 2. The molecule has 1 aromatic rings. The number of carboxylic acids is 1. The van der Waals surface area contributed by atoms with Crippen molar-refractivity contribution in [1.29, 1.82) is 0 Å². The molecule has 0 fully saturated rings. The van der Waals surface area contributed by atoms with Gasteiger partial charge in [-0.05, 0) is 30.2 Å². The standard InChI is InChI=1S/C20H23NO6/c1-26-15-9-13(12(3-7-22)19(24)25)14-10-21-6-5-20-4-2-11(23)8-16(20)27-18(15)17(14)20/h2,4,7,9,11-12,16,21,23H,3,5-6,8,10H2,1H3,(H,24,25)/t11-,12?,16-,20-/m0/s1. The van der Waals surface area contributed by atoms with Gasteiger partial charge in [0.1, 0.15) is 12.4 Å². The lowest BCUT2D eigenvalue weighted by Gasteiger charge is -2.35. The zero-order valence-corrected chi connectivity index (χ0v) is 15.1. The quantitative estimate of drug-likeness (QED) is 0.527. The van der Waals surface area contributed by atoms with E-state index in [9.17, 15) is 19.8 Å². The van der Waals surface area contributed by atoms with Crippen molar-refractivity contribution in [3.8, 4) is 11.5 Å². The molecule has 1 aliphatic carbocycles. The van der Waals surface area contributed by atoms with Crippen LogP contribution < -0.4 is 14.8 Å². The van der Waals surface area contributed by atoms with Crippen molar-refractivity contribution >= 4 is 12.3 Å². The molecule has 0 saturated heterocycles. The van der Waals surface area contributed by atoms with Crippen LogP contribution in [-0.4, -0.2) is 48.3 Å². The van der Waals surface area contributed by atoms with Gasteiger partial charge in [0.05, 0.1) is 24.5 Å². The highest BCUT2D eigenvalue weighted by atomic mass is 16.5. The Bertz CT molecular complexity index is 819. The van der Waals surface area contributed by atoms with Crippen LogP contribution in [0.2, 0.25) is 0 Å². The van der Waals surface area contributed by atoms with Crippen molar-refractivity contribution in [3.63, 3.8) is 0 Å². The zero-order valence-electron chi connectivity index (χ0n) is 15.1. The Morgan fingerprint density at radius 1 is 1.56 bits per heavy atom.